The van der Waals surface area contributed by atoms with Crippen molar-refractivity contribution in [3.63, 3.8) is 0 Å². The monoisotopic (exact) mass is 177 g/mol. The van der Waals surface area contributed by atoms with E-state index in [1.165, 1.54) is 0 Å². The Labute approximate surface area is 71.7 Å². The van der Waals surface area contributed by atoms with E-state index in [1.54, 1.807) is 6.92 Å². The van der Waals surface area contributed by atoms with E-state index in [-0.39, 0.29) is 0 Å². The summed E-state index contributed by atoms with van der Waals surface area (Å²) in [5.41, 5.74) is 0. The molecule has 0 aromatic rings. The molecule has 1 unspecified atom stereocenters. The Kier molecular flexibility index (Phi) is 6.41. The largest absolute Gasteiger partial charge is 0.465 e. The van der Waals surface area contributed by atoms with Crippen LogP contribution in [0, 0.1) is 0 Å². The summed E-state index contributed by atoms with van der Waals surface area (Å²) in [6.45, 7) is 5.04. The highest BCUT2D eigenvalue weighted by molar-refractivity contribution is 5.64. The van der Waals surface area contributed by atoms with Gasteiger partial charge in [-0.25, -0.2) is 4.79 Å². The van der Waals surface area contributed by atoms with Crippen LogP contribution >= 0.6 is 0 Å². The minimum absolute atomic E-state index is 0.398. The zero-order chi connectivity index (χ0) is 9.40. The van der Waals surface area contributed by atoms with Gasteiger partial charge in [-0.2, -0.15) is 0 Å². The normalized spacial score (nSPS) is 12.5. The molecule has 0 aliphatic heterocycles. The number of rotatable bonds is 6. The van der Waals surface area contributed by atoms with Crippen molar-refractivity contribution in [2.24, 2.45) is 0 Å². The van der Waals surface area contributed by atoms with Crippen LogP contribution in [0.1, 0.15) is 13.8 Å². The van der Waals surface area contributed by atoms with Gasteiger partial charge in [0.15, 0.2) is 0 Å². The fourth-order valence-corrected chi connectivity index (χ4v) is 0.644. The molecule has 0 rings (SSSR count). The Morgan fingerprint density at radius 1 is 1.58 bits per heavy atom. The van der Waals surface area contributed by atoms with E-state index in [0.29, 0.717) is 19.8 Å². The lowest BCUT2D eigenvalue weighted by Gasteiger charge is -2.11. The Hall–Kier alpha value is -0.810. The highest BCUT2D eigenvalue weighted by atomic mass is 16.5. The predicted molar refractivity (Wildman–Crippen MR) is 43.1 cm³/mol. The molecular formula is C7H15NO4. The van der Waals surface area contributed by atoms with Crippen LogP contribution in [0.5, 0.6) is 0 Å². The van der Waals surface area contributed by atoms with Crippen LogP contribution in [-0.2, 0) is 9.47 Å². The van der Waals surface area contributed by atoms with Gasteiger partial charge in [-0.3, -0.25) is 5.32 Å². The average Bonchev–Trinajstić information content (AvgIpc) is 1.97. The lowest BCUT2D eigenvalue weighted by molar-refractivity contribution is 0.00303. The third-order valence-electron chi connectivity index (χ3n) is 1.13. The Morgan fingerprint density at radius 3 is 2.75 bits per heavy atom. The van der Waals surface area contributed by atoms with Crippen molar-refractivity contribution in [2.45, 2.75) is 20.1 Å². The maximum Gasteiger partial charge on any atom is 0.406 e. The third-order valence-corrected chi connectivity index (χ3v) is 1.13. The van der Waals surface area contributed by atoms with Crippen LogP contribution < -0.4 is 5.32 Å². The van der Waals surface area contributed by atoms with Gasteiger partial charge in [-0.15, -0.1) is 0 Å². The molecule has 1 amide bonds. The van der Waals surface area contributed by atoms with Gasteiger partial charge in [0.2, 0.25) is 0 Å². The van der Waals surface area contributed by atoms with Crippen LogP contribution in [0.25, 0.3) is 0 Å². The van der Waals surface area contributed by atoms with Crippen LogP contribution in [0.3, 0.4) is 0 Å². The second kappa shape index (κ2) is 6.87. The molecule has 5 heteroatoms. The number of carbonyl (C=O) groups is 1. The first kappa shape index (κ1) is 11.2. The van der Waals surface area contributed by atoms with E-state index in [1.807, 2.05) is 6.92 Å². The molecule has 0 aromatic heterocycles. The Balaban J connectivity index is 3.19. The molecule has 2 N–H and O–H groups in total. The summed E-state index contributed by atoms with van der Waals surface area (Å²) in [5.74, 6) is 0. The molecule has 0 saturated heterocycles. The van der Waals surface area contributed by atoms with Crippen molar-refractivity contribution in [2.75, 3.05) is 19.8 Å². The average molecular weight is 177 g/mol. The standard InChI is InChI=1S/C7H15NO4/c1-3-11-4-5-12-6(2)8-7(9)10/h6,8H,3-5H2,1-2H3,(H,9,10). The second-order valence-corrected chi connectivity index (χ2v) is 2.16. The smallest absolute Gasteiger partial charge is 0.406 e. The van der Waals surface area contributed by atoms with Crippen LogP contribution in [0.4, 0.5) is 4.79 Å². The zero-order valence-corrected chi connectivity index (χ0v) is 7.37. The molecule has 0 saturated carbocycles. The lowest BCUT2D eigenvalue weighted by atomic mass is 10.6. The fourth-order valence-electron chi connectivity index (χ4n) is 0.644. The van der Waals surface area contributed by atoms with Crippen LogP contribution in [-0.4, -0.2) is 37.2 Å². The molecule has 0 aliphatic rings. The number of hydrogen-bond donors (Lipinski definition) is 2. The fraction of sp³-hybridized carbons (Fsp3) is 0.857. The van der Waals surface area contributed by atoms with Crippen LogP contribution in [0.15, 0.2) is 0 Å². The topological polar surface area (TPSA) is 67.8 Å². The quantitative estimate of drug-likeness (QED) is 0.462. The maximum atomic E-state index is 10.1. The molecule has 0 bridgehead atoms. The Bertz CT molecular complexity index is 129. The maximum absolute atomic E-state index is 10.1. The number of ether oxygens (including phenoxy) is 2. The SMILES string of the molecule is CCOCCOC(C)NC(=O)O. The number of amides is 1. The summed E-state index contributed by atoms with van der Waals surface area (Å²) in [7, 11) is 0. The molecule has 0 aromatic carbocycles. The second-order valence-electron chi connectivity index (χ2n) is 2.16. The van der Waals surface area contributed by atoms with E-state index in [2.05, 4.69) is 5.32 Å². The third kappa shape index (κ3) is 7.30. The number of hydrogen-bond acceptors (Lipinski definition) is 3. The number of nitrogens with one attached hydrogen (secondary N) is 1. The molecule has 0 heterocycles. The Morgan fingerprint density at radius 2 is 2.25 bits per heavy atom. The van der Waals surface area contributed by atoms with Gasteiger partial charge in [0, 0.05) is 6.61 Å². The molecule has 0 fully saturated rings. The van der Waals surface area contributed by atoms with Gasteiger partial charge in [0.1, 0.15) is 6.23 Å². The van der Waals surface area contributed by atoms with E-state index in [0.717, 1.165) is 0 Å². The summed E-state index contributed by atoms with van der Waals surface area (Å²) in [6, 6.07) is 0. The van der Waals surface area contributed by atoms with Crippen molar-refractivity contribution < 1.29 is 19.4 Å². The van der Waals surface area contributed by atoms with Crippen molar-refractivity contribution in [3.05, 3.63) is 0 Å². The van der Waals surface area contributed by atoms with E-state index in [4.69, 9.17) is 14.6 Å². The predicted octanol–water partition coefficient (Wildman–Crippen LogP) is 0.653. The molecular weight excluding hydrogens is 162 g/mol. The first-order chi connectivity index (χ1) is 5.66. The van der Waals surface area contributed by atoms with Gasteiger partial charge in [-0.05, 0) is 13.8 Å². The summed E-state index contributed by atoms with van der Waals surface area (Å²) < 4.78 is 10.0. The molecule has 12 heavy (non-hydrogen) atoms. The van der Waals surface area contributed by atoms with Crippen molar-refractivity contribution in [1.82, 2.24) is 5.32 Å². The minimum Gasteiger partial charge on any atom is -0.465 e. The molecule has 5 nitrogen and oxygen atoms in total. The highest BCUT2D eigenvalue weighted by Crippen LogP contribution is 1.85. The van der Waals surface area contributed by atoms with Crippen molar-refractivity contribution >= 4 is 6.09 Å². The lowest BCUT2D eigenvalue weighted by Crippen LogP contribution is -2.34. The summed E-state index contributed by atoms with van der Waals surface area (Å²) in [4.78, 5) is 10.1. The van der Waals surface area contributed by atoms with Gasteiger partial charge >= 0.3 is 6.09 Å². The van der Waals surface area contributed by atoms with E-state index < -0.39 is 12.3 Å². The van der Waals surface area contributed by atoms with Gasteiger partial charge in [0.25, 0.3) is 0 Å². The first-order valence-electron chi connectivity index (χ1n) is 3.85. The van der Waals surface area contributed by atoms with Crippen LogP contribution in [0.2, 0.25) is 0 Å². The van der Waals surface area contributed by atoms with Gasteiger partial charge in [-0.1, -0.05) is 0 Å². The molecule has 1 atom stereocenters. The molecule has 0 radical (unpaired) electrons. The van der Waals surface area contributed by atoms with Crippen molar-refractivity contribution in [1.29, 1.82) is 0 Å². The van der Waals surface area contributed by atoms with E-state index >= 15 is 0 Å². The summed E-state index contributed by atoms with van der Waals surface area (Å²) >= 11 is 0. The highest BCUT2D eigenvalue weighted by Gasteiger charge is 2.03. The minimum atomic E-state index is -1.08. The van der Waals surface area contributed by atoms with Gasteiger partial charge < -0.3 is 14.6 Å². The van der Waals surface area contributed by atoms with E-state index in [9.17, 15) is 4.79 Å². The molecule has 72 valence electrons. The number of carboxylic acid groups (broad SMARTS) is 1. The first-order valence-corrected chi connectivity index (χ1v) is 3.85. The van der Waals surface area contributed by atoms with Gasteiger partial charge in [0.05, 0.1) is 13.2 Å². The summed E-state index contributed by atoms with van der Waals surface area (Å²) in [6.07, 6.45) is -1.57. The van der Waals surface area contributed by atoms with Crippen molar-refractivity contribution in [3.8, 4) is 0 Å². The zero-order valence-electron chi connectivity index (χ0n) is 7.37. The molecule has 0 spiro atoms. The molecule has 0 aliphatic carbocycles. The summed E-state index contributed by atoms with van der Waals surface area (Å²) in [5, 5.41) is 10.4.